The first-order chi connectivity index (χ1) is 14.0. The molecule has 0 bridgehead atoms. The van der Waals surface area contributed by atoms with Crippen LogP contribution in [0.1, 0.15) is 17.5 Å². The number of aromatic nitrogens is 1. The Morgan fingerprint density at radius 3 is 2.62 bits per heavy atom. The molecule has 29 heavy (non-hydrogen) atoms. The number of nitrogens with one attached hydrogen (secondary N) is 2. The number of aromatic hydroxyl groups is 1. The van der Waals surface area contributed by atoms with Gasteiger partial charge in [0.1, 0.15) is 11.3 Å². The highest BCUT2D eigenvalue weighted by Crippen LogP contribution is 2.27. The molecule has 7 heteroatoms. The number of hydrazine groups is 1. The first-order valence-electron chi connectivity index (χ1n) is 9.22. The van der Waals surface area contributed by atoms with Crippen LogP contribution in [0.5, 0.6) is 5.75 Å². The summed E-state index contributed by atoms with van der Waals surface area (Å²) in [6.07, 6.45) is 4.06. The summed E-state index contributed by atoms with van der Waals surface area (Å²) < 4.78 is 1.46. The van der Waals surface area contributed by atoms with Gasteiger partial charge in [0, 0.05) is 18.9 Å². The van der Waals surface area contributed by atoms with Crippen molar-refractivity contribution in [1.82, 2.24) is 15.4 Å². The topological polar surface area (TPSA) is 95.7 Å². The van der Waals surface area contributed by atoms with Gasteiger partial charge in [0.2, 0.25) is 0 Å². The van der Waals surface area contributed by atoms with Crippen LogP contribution in [0.2, 0.25) is 0 Å². The number of nitrogens with zero attached hydrogens (tertiary/aromatic N) is 2. The highest BCUT2D eigenvalue weighted by atomic mass is 16.3. The van der Waals surface area contributed by atoms with Gasteiger partial charge in [-0.3, -0.25) is 10.2 Å². The Morgan fingerprint density at radius 1 is 1.10 bits per heavy atom. The van der Waals surface area contributed by atoms with Gasteiger partial charge in [0.15, 0.2) is 0 Å². The summed E-state index contributed by atoms with van der Waals surface area (Å²) in [7, 11) is 1.63. The number of carbonyl (C=O) groups excluding carboxylic acids is 1. The van der Waals surface area contributed by atoms with E-state index in [1.54, 1.807) is 31.3 Å². The maximum atomic E-state index is 13.0. The average molecular weight is 388 g/mol. The number of para-hydroxylation sites is 1. The van der Waals surface area contributed by atoms with E-state index >= 15 is 0 Å². The quantitative estimate of drug-likeness (QED) is 0.643. The summed E-state index contributed by atoms with van der Waals surface area (Å²) in [6.45, 7) is 0. The molecular formula is C22H20N4O3. The van der Waals surface area contributed by atoms with Crippen molar-refractivity contribution in [3.63, 3.8) is 0 Å². The Labute approximate surface area is 167 Å². The molecule has 4 rings (SSSR count). The van der Waals surface area contributed by atoms with E-state index in [0.717, 1.165) is 5.56 Å². The van der Waals surface area contributed by atoms with Crippen LogP contribution < -0.4 is 16.4 Å². The zero-order valence-electron chi connectivity index (χ0n) is 15.8. The van der Waals surface area contributed by atoms with Gasteiger partial charge < -0.3 is 9.67 Å². The second-order valence-corrected chi connectivity index (χ2v) is 6.82. The molecule has 7 nitrogen and oxygen atoms in total. The fourth-order valence-electron chi connectivity index (χ4n) is 3.42. The summed E-state index contributed by atoms with van der Waals surface area (Å²) in [4.78, 5) is 29.1. The molecule has 3 N–H and O–H groups in total. The molecule has 0 saturated heterocycles. The molecule has 2 aromatic carbocycles. The van der Waals surface area contributed by atoms with E-state index in [1.165, 1.54) is 4.57 Å². The minimum Gasteiger partial charge on any atom is -0.506 e. The van der Waals surface area contributed by atoms with E-state index in [-0.39, 0.29) is 29.5 Å². The molecule has 0 radical (unpaired) electrons. The van der Waals surface area contributed by atoms with Gasteiger partial charge in [-0.1, -0.05) is 54.6 Å². The first kappa shape index (κ1) is 18.6. The van der Waals surface area contributed by atoms with Crippen LogP contribution in [0, 0.1) is 0 Å². The molecule has 1 atom stereocenters. The smallest absolute Gasteiger partial charge is 0.355 e. The van der Waals surface area contributed by atoms with E-state index in [2.05, 4.69) is 15.8 Å². The number of benzene rings is 2. The second kappa shape index (κ2) is 7.73. The zero-order valence-corrected chi connectivity index (χ0v) is 15.8. The van der Waals surface area contributed by atoms with Crippen LogP contribution in [-0.4, -0.2) is 27.5 Å². The minimum atomic E-state index is -0.620. The van der Waals surface area contributed by atoms with Crippen LogP contribution in [0.15, 0.2) is 70.5 Å². The summed E-state index contributed by atoms with van der Waals surface area (Å²) in [5.41, 5.74) is 6.90. The van der Waals surface area contributed by atoms with Gasteiger partial charge in [0.05, 0.1) is 17.3 Å². The third kappa shape index (κ3) is 3.68. The number of aryl methyl sites for hydroxylation is 1. The maximum absolute atomic E-state index is 13.0. The molecule has 146 valence electrons. The third-order valence-corrected chi connectivity index (χ3v) is 4.90. The maximum Gasteiger partial charge on any atom is 0.355 e. The first-order valence-corrected chi connectivity index (χ1v) is 9.22. The number of carbonyl (C=O) groups is 1. The number of rotatable bonds is 3. The normalized spacial score (nSPS) is 17.2. The molecule has 1 aromatic heterocycles. The molecule has 3 aromatic rings. The van der Waals surface area contributed by atoms with Crippen molar-refractivity contribution in [2.45, 2.75) is 12.5 Å². The lowest BCUT2D eigenvalue weighted by molar-refractivity contribution is 0.245. The number of urea groups is 1. The molecular weight excluding hydrogens is 368 g/mol. The van der Waals surface area contributed by atoms with Gasteiger partial charge >= 0.3 is 6.03 Å². The highest BCUT2D eigenvalue weighted by molar-refractivity contribution is 6.11. The van der Waals surface area contributed by atoms with Gasteiger partial charge in [-0.2, -0.15) is 4.99 Å². The van der Waals surface area contributed by atoms with Crippen LogP contribution in [-0.2, 0) is 7.05 Å². The van der Waals surface area contributed by atoms with Crippen molar-refractivity contribution in [2.24, 2.45) is 12.0 Å². The number of hydrogen-bond donors (Lipinski definition) is 3. The Balaban J connectivity index is 1.76. The number of aliphatic imine (C=N–C) groups is 1. The van der Waals surface area contributed by atoms with Crippen molar-refractivity contribution in [1.29, 1.82) is 0 Å². The molecule has 0 fully saturated rings. The Bertz CT molecular complexity index is 1200. The SMILES string of the molecule is Cn1c(=O)c(C2=NC(=O)NN[C@@H](/C=C/c3ccccc3)C2)c(O)c2ccccc21. The predicted molar refractivity (Wildman–Crippen MR) is 113 cm³/mol. The van der Waals surface area contributed by atoms with Gasteiger partial charge in [-0.25, -0.2) is 10.2 Å². The average Bonchev–Trinajstić information content (AvgIpc) is 2.93. The fraction of sp³-hybridized carbons (Fsp3) is 0.136. The number of amides is 2. The Morgan fingerprint density at radius 2 is 1.83 bits per heavy atom. The molecule has 0 unspecified atom stereocenters. The monoisotopic (exact) mass is 388 g/mol. The van der Waals surface area contributed by atoms with Gasteiger partial charge in [0.25, 0.3) is 5.56 Å². The van der Waals surface area contributed by atoms with E-state index < -0.39 is 11.6 Å². The lowest BCUT2D eigenvalue weighted by atomic mass is 10.00. The zero-order chi connectivity index (χ0) is 20.4. The molecule has 1 aliphatic heterocycles. The third-order valence-electron chi connectivity index (χ3n) is 4.90. The summed E-state index contributed by atoms with van der Waals surface area (Å²) in [6, 6.07) is 15.9. The number of hydrogen-bond acceptors (Lipinski definition) is 4. The molecule has 0 saturated carbocycles. The molecule has 0 aliphatic carbocycles. The Hall–Kier alpha value is -3.71. The fourth-order valence-corrected chi connectivity index (χ4v) is 3.42. The molecule has 2 heterocycles. The van der Waals surface area contributed by atoms with Crippen molar-refractivity contribution in [3.8, 4) is 5.75 Å². The minimum absolute atomic E-state index is 0.0446. The molecule has 0 spiro atoms. The molecule has 2 amide bonds. The summed E-state index contributed by atoms with van der Waals surface area (Å²) >= 11 is 0. The van der Waals surface area contributed by atoms with Crippen LogP contribution in [0.3, 0.4) is 0 Å². The highest BCUT2D eigenvalue weighted by Gasteiger charge is 2.24. The van der Waals surface area contributed by atoms with Crippen molar-refractivity contribution >= 4 is 28.7 Å². The van der Waals surface area contributed by atoms with Crippen LogP contribution in [0.4, 0.5) is 4.79 Å². The lowest BCUT2D eigenvalue weighted by Crippen LogP contribution is -2.40. The van der Waals surface area contributed by atoms with E-state index in [9.17, 15) is 14.7 Å². The lowest BCUT2D eigenvalue weighted by Gasteiger charge is -2.15. The van der Waals surface area contributed by atoms with Crippen LogP contribution >= 0.6 is 0 Å². The summed E-state index contributed by atoms with van der Waals surface area (Å²) in [5.74, 6) is -0.164. The summed E-state index contributed by atoms with van der Waals surface area (Å²) in [5, 5.41) is 11.3. The second-order valence-electron chi connectivity index (χ2n) is 6.82. The van der Waals surface area contributed by atoms with E-state index in [4.69, 9.17) is 0 Å². The Kier molecular flexibility index (Phi) is 4.97. The van der Waals surface area contributed by atoms with Crippen molar-refractivity contribution in [3.05, 3.63) is 82.2 Å². The van der Waals surface area contributed by atoms with Crippen molar-refractivity contribution < 1.29 is 9.90 Å². The largest absolute Gasteiger partial charge is 0.506 e. The number of pyridine rings is 1. The van der Waals surface area contributed by atoms with E-state index in [1.807, 2.05) is 42.5 Å². The van der Waals surface area contributed by atoms with Gasteiger partial charge in [-0.05, 0) is 17.7 Å². The number of fused-ring (bicyclic) bond motifs is 1. The molecule has 1 aliphatic rings. The van der Waals surface area contributed by atoms with Crippen LogP contribution in [0.25, 0.3) is 17.0 Å². The van der Waals surface area contributed by atoms with Crippen molar-refractivity contribution in [2.75, 3.05) is 0 Å². The van der Waals surface area contributed by atoms with Gasteiger partial charge in [-0.15, -0.1) is 0 Å². The standard InChI is InChI=1S/C22H20N4O3/c1-26-18-10-6-5-9-16(18)20(27)19(21(26)28)17-13-15(24-25-22(29)23-17)12-11-14-7-3-2-4-8-14/h2-12,15,24,27H,13H2,1H3,(H,25,29)/b12-11+/t15-/m0/s1. The predicted octanol–water partition coefficient (Wildman–Crippen LogP) is 2.73. The van der Waals surface area contributed by atoms with E-state index in [0.29, 0.717) is 10.9 Å².